The SMILES string of the molecule is CC(C)C(CNC(=O)N1CCN(c2ccccc2Cl)CC1)N1CCOCC1. The summed E-state index contributed by atoms with van der Waals surface area (Å²) in [6.45, 7) is 11.6. The lowest BCUT2D eigenvalue weighted by atomic mass is 10.0. The number of piperazine rings is 1. The number of carbonyl (C=O) groups excluding carboxylic acids is 1. The van der Waals surface area contributed by atoms with Crippen LogP contribution in [0.1, 0.15) is 13.8 Å². The molecule has 2 fully saturated rings. The molecule has 0 bridgehead atoms. The molecule has 1 N–H and O–H groups in total. The van der Waals surface area contributed by atoms with Gasteiger partial charge in [0, 0.05) is 51.9 Å². The number of nitrogens with one attached hydrogen (secondary N) is 1. The zero-order valence-corrected chi connectivity index (χ0v) is 17.1. The first-order chi connectivity index (χ1) is 13.1. The molecular formula is C20H31ClN4O2. The number of para-hydroxylation sites is 1. The maximum atomic E-state index is 12.6. The number of morpholine rings is 1. The molecule has 1 atom stereocenters. The van der Waals surface area contributed by atoms with Crippen LogP contribution in [-0.4, -0.2) is 80.9 Å². The lowest BCUT2D eigenvalue weighted by Crippen LogP contribution is -2.55. The maximum absolute atomic E-state index is 12.6. The maximum Gasteiger partial charge on any atom is 0.317 e. The highest BCUT2D eigenvalue weighted by molar-refractivity contribution is 6.33. The Bertz CT molecular complexity index is 614. The van der Waals surface area contributed by atoms with Crippen molar-refractivity contribution in [1.82, 2.24) is 15.1 Å². The van der Waals surface area contributed by atoms with Gasteiger partial charge < -0.3 is 19.9 Å². The summed E-state index contributed by atoms with van der Waals surface area (Å²) in [7, 11) is 0. The number of benzene rings is 1. The van der Waals surface area contributed by atoms with Crippen molar-refractivity contribution >= 4 is 23.3 Å². The molecule has 0 radical (unpaired) electrons. The summed E-state index contributed by atoms with van der Waals surface area (Å²) in [5, 5.41) is 3.92. The Morgan fingerprint density at radius 1 is 1.11 bits per heavy atom. The standard InChI is InChI=1S/C20H31ClN4O2/c1-16(2)19(24-11-13-27-14-12-24)15-22-20(26)25-9-7-23(8-10-25)18-6-4-3-5-17(18)21/h3-6,16,19H,7-15H2,1-2H3,(H,22,26). The highest BCUT2D eigenvalue weighted by atomic mass is 35.5. The predicted molar refractivity (Wildman–Crippen MR) is 110 cm³/mol. The molecule has 2 aliphatic rings. The van der Waals surface area contributed by atoms with Crippen molar-refractivity contribution in [2.45, 2.75) is 19.9 Å². The number of halogens is 1. The minimum Gasteiger partial charge on any atom is -0.379 e. The van der Waals surface area contributed by atoms with Gasteiger partial charge in [0.1, 0.15) is 0 Å². The second-order valence-electron chi connectivity index (χ2n) is 7.57. The Morgan fingerprint density at radius 3 is 2.41 bits per heavy atom. The molecule has 0 aromatic heterocycles. The third-order valence-electron chi connectivity index (χ3n) is 5.51. The van der Waals surface area contributed by atoms with Gasteiger partial charge in [-0.25, -0.2) is 4.79 Å². The van der Waals surface area contributed by atoms with Gasteiger partial charge in [-0.2, -0.15) is 0 Å². The fraction of sp³-hybridized carbons (Fsp3) is 0.650. The molecule has 7 heteroatoms. The lowest BCUT2D eigenvalue weighted by Gasteiger charge is -2.39. The van der Waals surface area contributed by atoms with E-state index in [1.807, 2.05) is 29.2 Å². The molecule has 27 heavy (non-hydrogen) atoms. The van der Waals surface area contributed by atoms with Crippen molar-refractivity contribution in [3.05, 3.63) is 29.3 Å². The Hall–Kier alpha value is -1.50. The van der Waals surface area contributed by atoms with E-state index in [4.69, 9.17) is 16.3 Å². The lowest BCUT2D eigenvalue weighted by molar-refractivity contribution is 0.00693. The summed E-state index contributed by atoms with van der Waals surface area (Å²) in [4.78, 5) is 19.2. The smallest absolute Gasteiger partial charge is 0.317 e. The quantitative estimate of drug-likeness (QED) is 0.833. The molecule has 1 unspecified atom stereocenters. The van der Waals surface area contributed by atoms with E-state index < -0.39 is 0 Å². The number of hydrogen-bond acceptors (Lipinski definition) is 4. The number of amides is 2. The van der Waals surface area contributed by atoms with Crippen molar-refractivity contribution in [3.63, 3.8) is 0 Å². The minimum atomic E-state index is 0.0349. The monoisotopic (exact) mass is 394 g/mol. The van der Waals surface area contributed by atoms with Crippen LogP contribution in [0.15, 0.2) is 24.3 Å². The van der Waals surface area contributed by atoms with E-state index in [0.29, 0.717) is 31.6 Å². The first kappa shape index (κ1) is 20.2. The van der Waals surface area contributed by atoms with Crippen molar-refractivity contribution in [3.8, 4) is 0 Å². The minimum absolute atomic E-state index is 0.0349. The van der Waals surface area contributed by atoms with E-state index in [2.05, 4.69) is 29.0 Å². The van der Waals surface area contributed by atoms with Gasteiger partial charge in [0.05, 0.1) is 23.9 Å². The number of anilines is 1. The first-order valence-electron chi connectivity index (χ1n) is 9.90. The van der Waals surface area contributed by atoms with Crippen LogP contribution < -0.4 is 10.2 Å². The normalized spacial score (nSPS) is 20.0. The summed E-state index contributed by atoms with van der Waals surface area (Å²) in [5.41, 5.74) is 1.05. The molecule has 3 rings (SSSR count). The fourth-order valence-electron chi connectivity index (χ4n) is 3.86. The predicted octanol–water partition coefficient (Wildman–Crippen LogP) is 2.53. The second-order valence-corrected chi connectivity index (χ2v) is 7.98. The highest BCUT2D eigenvalue weighted by Crippen LogP contribution is 2.26. The molecule has 2 saturated heterocycles. The molecular weight excluding hydrogens is 364 g/mol. The van der Waals surface area contributed by atoms with E-state index in [1.165, 1.54) is 0 Å². The summed E-state index contributed by atoms with van der Waals surface area (Å²) >= 11 is 6.30. The molecule has 2 amide bonds. The molecule has 1 aromatic rings. The zero-order valence-electron chi connectivity index (χ0n) is 16.4. The average molecular weight is 395 g/mol. The van der Waals surface area contributed by atoms with Crippen LogP contribution in [0.5, 0.6) is 0 Å². The first-order valence-corrected chi connectivity index (χ1v) is 10.3. The van der Waals surface area contributed by atoms with E-state index >= 15 is 0 Å². The largest absolute Gasteiger partial charge is 0.379 e. The number of rotatable bonds is 5. The number of ether oxygens (including phenoxy) is 1. The molecule has 0 aliphatic carbocycles. The number of carbonyl (C=O) groups is 1. The van der Waals surface area contributed by atoms with Crippen LogP contribution in [-0.2, 0) is 4.74 Å². The Morgan fingerprint density at radius 2 is 1.78 bits per heavy atom. The molecule has 2 aliphatic heterocycles. The van der Waals surface area contributed by atoms with Crippen molar-refractivity contribution in [2.24, 2.45) is 5.92 Å². The molecule has 1 aromatic carbocycles. The van der Waals surface area contributed by atoms with Crippen LogP contribution >= 0.6 is 11.6 Å². The average Bonchev–Trinajstić information content (AvgIpc) is 2.69. The summed E-state index contributed by atoms with van der Waals surface area (Å²) in [5.74, 6) is 0.487. The van der Waals surface area contributed by atoms with Gasteiger partial charge in [-0.05, 0) is 18.1 Å². The Kier molecular flexibility index (Phi) is 7.21. The van der Waals surface area contributed by atoms with Crippen molar-refractivity contribution in [1.29, 1.82) is 0 Å². The number of nitrogens with zero attached hydrogens (tertiary/aromatic N) is 3. The van der Waals surface area contributed by atoms with Crippen LogP contribution in [0.3, 0.4) is 0 Å². The number of urea groups is 1. The van der Waals surface area contributed by atoms with E-state index in [-0.39, 0.29) is 6.03 Å². The van der Waals surface area contributed by atoms with Gasteiger partial charge in [0.2, 0.25) is 0 Å². The Balaban J connectivity index is 1.48. The second kappa shape index (κ2) is 9.62. The van der Waals surface area contributed by atoms with Crippen LogP contribution in [0.4, 0.5) is 10.5 Å². The van der Waals surface area contributed by atoms with Crippen molar-refractivity contribution in [2.75, 3.05) is 63.9 Å². The highest BCUT2D eigenvalue weighted by Gasteiger charge is 2.26. The third kappa shape index (κ3) is 5.27. The van der Waals surface area contributed by atoms with Gasteiger partial charge in [-0.3, -0.25) is 4.90 Å². The van der Waals surface area contributed by atoms with Crippen LogP contribution in [0.2, 0.25) is 5.02 Å². The van der Waals surface area contributed by atoms with Gasteiger partial charge in [0.25, 0.3) is 0 Å². The zero-order chi connectivity index (χ0) is 19.2. The van der Waals surface area contributed by atoms with Crippen LogP contribution in [0, 0.1) is 5.92 Å². The molecule has 6 nitrogen and oxygen atoms in total. The number of hydrogen-bond donors (Lipinski definition) is 1. The van der Waals surface area contributed by atoms with Gasteiger partial charge in [-0.1, -0.05) is 37.6 Å². The molecule has 2 heterocycles. The topological polar surface area (TPSA) is 48.1 Å². The van der Waals surface area contributed by atoms with E-state index in [0.717, 1.165) is 50.1 Å². The van der Waals surface area contributed by atoms with Gasteiger partial charge in [0.15, 0.2) is 0 Å². The molecule has 150 valence electrons. The molecule has 0 saturated carbocycles. The van der Waals surface area contributed by atoms with Gasteiger partial charge in [-0.15, -0.1) is 0 Å². The third-order valence-corrected chi connectivity index (χ3v) is 5.83. The van der Waals surface area contributed by atoms with Crippen molar-refractivity contribution < 1.29 is 9.53 Å². The van der Waals surface area contributed by atoms with E-state index in [9.17, 15) is 4.79 Å². The fourth-order valence-corrected chi connectivity index (χ4v) is 4.11. The summed E-state index contributed by atoms with van der Waals surface area (Å²) in [6.07, 6.45) is 0. The molecule has 0 spiro atoms. The van der Waals surface area contributed by atoms with Gasteiger partial charge >= 0.3 is 6.03 Å². The van der Waals surface area contributed by atoms with E-state index in [1.54, 1.807) is 0 Å². The van der Waals surface area contributed by atoms with Crippen LogP contribution in [0.25, 0.3) is 0 Å². The summed E-state index contributed by atoms with van der Waals surface area (Å²) < 4.78 is 5.45. The summed E-state index contributed by atoms with van der Waals surface area (Å²) in [6, 6.07) is 8.27. The Labute approximate surface area is 167 Å².